The number of nitrogens with one attached hydrogen (secondary N) is 1. The predicted molar refractivity (Wildman–Crippen MR) is 83.9 cm³/mol. The van der Waals surface area contributed by atoms with Gasteiger partial charge in [-0.3, -0.25) is 10.1 Å². The summed E-state index contributed by atoms with van der Waals surface area (Å²) in [6.45, 7) is 6.69. The standard InChI is InChI=1S/C15H19BF3NO6/c1-13(2)14(3,4)26-16(25-13)9-6-7(12(21)20-15(22,23)24)5-8(10(9)17)11(18)19/h5-6,11,22-24H,1-4H3,(H,20,21). The van der Waals surface area contributed by atoms with Crippen molar-refractivity contribution in [1.82, 2.24) is 5.32 Å². The minimum absolute atomic E-state index is 0.453. The average Bonchev–Trinajstić information content (AvgIpc) is 2.65. The van der Waals surface area contributed by atoms with Crippen molar-refractivity contribution < 1.29 is 42.6 Å². The summed E-state index contributed by atoms with van der Waals surface area (Å²) < 4.78 is 52.1. The zero-order valence-electron chi connectivity index (χ0n) is 14.5. The first-order valence-corrected chi connectivity index (χ1v) is 7.61. The number of hydrogen-bond donors (Lipinski definition) is 4. The maximum atomic E-state index is 14.5. The molecule has 4 N–H and O–H groups in total. The summed E-state index contributed by atoms with van der Waals surface area (Å²) in [5.74, 6) is -2.63. The molecule has 0 atom stereocenters. The third-order valence-corrected chi connectivity index (χ3v) is 4.41. The van der Waals surface area contributed by atoms with Crippen molar-refractivity contribution in [3.8, 4) is 0 Å². The summed E-state index contributed by atoms with van der Waals surface area (Å²) in [6.07, 6.45) is -6.83. The van der Waals surface area contributed by atoms with E-state index in [1.165, 1.54) is 5.32 Å². The van der Waals surface area contributed by atoms with Crippen LogP contribution in [0, 0.1) is 5.82 Å². The molecule has 1 aliphatic heterocycles. The second kappa shape index (κ2) is 6.50. The maximum absolute atomic E-state index is 14.5. The van der Waals surface area contributed by atoms with Gasteiger partial charge in [0.15, 0.2) is 0 Å². The van der Waals surface area contributed by atoms with E-state index in [4.69, 9.17) is 24.6 Å². The lowest BCUT2D eigenvalue weighted by Gasteiger charge is -2.32. The number of halogens is 3. The van der Waals surface area contributed by atoms with Crippen molar-refractivity contribution in [2.45, 2.75) is 51.4 Å². The van der Waals surface area contributed by atoms with Gasteiger partial charge in [0.25, 0.3) is 12.3 Å². The molecule has 0 unspecified atom stereocenters. The fourth-order valence-electron chi connectivity index (χ4n) is 2.33. The first kappa shape index (κ1) is 20.7. The number of carbonyl (C=O) groups is 1. The third-order valence-electron chi connectivity index (χ3n) is 4.41. The van der Waals surface area contributed by atoms with E-state index >= 15 is 0 Å². The highest BCUT2D eigenvalue weighted by Gasteiger charge is 2.52. The minimum Gasteiger partial charge on any atom is -0.399 e. The normalized spacial score (nSPS) is 19.1. The van der Waals surface area contributed by atoms with Gasteiger partial charge in [0.1, 0.15) is 5.82 Å². The van der Waals surface area contributed by atoms with Gasteiger partial charge in [-0.25, -0.2) is 13.2 Å². The third kappa shape index (κ3) is 4.02. The zero-order valence-corrected chi connectivity index (χ0v) is 14.5. The molecule has 1 fully saturated rings. The maximum Gasteiger partial charge on any atom is 0.497 e. The lowest BCUT2D eigenvalue weighted by Crippen LogP contribution is -2.48. The number of alkyl halides is 2. The van der Waals surface area contributed by atoms with Crippen LogP contribution in [0.1, 0.15) is 50.0 Å². The summed E-state index contributed by atoms with van der Waals surface area (Å²) >= 11 is 0. The Kier molecular flexibility index (Phi) is 5.16. The van der Waals surface area contributed by atoms with Crippen molar-refractivity contribution in [2.75, 3.05) is 0 Å². The second-order valence-corrected chi connectivity index (χ2v) is 6.95. The Hall–Kier alpha value is -1.66. The number of aliphatic hydroxyl groups is 3. The minimum atomic E-state index is -3.57. The molecule has 1 aromatic rings. The molecule has 0 aromatic heterocycles. The van der Waals surface area contributed by atoms with Gasteiger partial charge >= 0.3 is 13.2 Å². The highest BCUT2D eigenvalue weighted by Crippen LogP contribution is 2.37. The average molecular weight is 377 g/mol. The summed E-state index contributed by atoms with van der Waals surface area (Å²) in [6, 6.07) is 1.42. The van der Waals surface area contributed by atoms with E-state index in [9.17, 15) is 18.0 Å². The fraction of sp³-hybridized carbons (Fsp3) is 0.533. The molecule has 1 saturated heterocycles. The Balaban J connectivity index is 2.51. The largest absolute Gasteiger partial charge is 0.497 e. The molecule has 1 amide bonds. The van der Waals surface area contributed by atoms with Crippen molar-refractivity contribution in [2.24, 2.45) is 0 Å². The Morgan fingerprint density at radius 3 is 2.08 bits per heavy atom. The summed E-state index contributed by atoms with van der Waals surface area (Å²) in [5.41, 5.74) is -3.87. The number of amides is 1. The van der Waals surface area contributed by atoms with Crippen LogP contribution in [0.2, 0.25) is 0 Å². The van der Waals surface area contributed by atoms with Crippen LogP contribution in [-0.4, -0.2) is 45.6 Å². The first-order chi connectivity index (χ1) is 11.6. The van der Waals surface area contributed by atoms with E-state index in [-0.39, 0.29) is 0 Å². The summed E-state index contributed by atoms with van der Waals surface area (Å²) in [7, 11) is -1.37. The Bertz CT molecular complexity index is 704. The molecule has 1 heterocycles. The predicted octanol–water partition coefficient (Wildman–Crippen LogP) is 0.381. The smallest absolute Gasteiger partial charge is 0.399 e. The first-order valence-electron chi connectivity index (χ1n) is 7.61. The lowest BCUT2D eigenvalue weighted by molar-refractivity contribution is -0.323. The van der Waals surface area contributed by atoms with Gasteiger partial charge in [-0.1, -0.05) is 0 Å². The molecule has 144 valence electrons. The van der Waals surface area contributed by atoms with Crippen LogP contribution in [0.5, 0.6) is 0 Å². The Morgan fingerprint density at radius 1 is 1.15 bits per heavy atom. The molecule has 26 heavy (non-hydrogen) atoms. The molecule has 1 aliphatic rings. The van der Waals surface area contributed by atoms with E-state index in [0.29, 0.717) is 6.07 Å². The molecule has 11 heteroatoms. The lowest BCUT2D eigenvalue weighted by atomic mass is 9.76. The van der Waals surface area contributed by atoms with E-state index in [1.54, 1.807) is 27.7 Å². The SMILES string of the molecule is CC1(C)OB(c2cc(C(=O)NC(O)(O)O)cc(C(F)F)c2F)OC1(C)C. The number of hydrogen-bond acceptors (Lipinski definition) is 6. The van der Waals surface area contributed by atoms with E-state index in [2.05, 4.69) is 0 Å². The Morgan fingerprint density at radius 2 is 1.65 bits per heavy atom. The van der Waals surface area contributed by atoms with Crippen LogP contribution >= 0.6 is 0 Å². The number of rotatable bonds is 4. The van der Waals surface area contributed by atoms with Gasteiger partial charge in [-0.15, -0.1) is 0 Å². The number of benzene rings is 1. The molecule has 0 radical (unpaired) electrons. The van der Waals surface area contributed by atoms with Crippen LogP contribution in [0.15, 0.2) is 12.1 Å². The zero-order chi connectivity index (χ0) is 20.1. The molecule has 0 bridgehead atoms. The van der Waals surface area contributed by atoms with Gasteiger partial charge in [0.05, 0.1) is 16.8 Å². The molecular weight excluding hydrogens is 358 g/mol. The van der Waals surface area contributed by atoms with Crippen LogP contribution in [-0.2, 0) is 9.31 Å². The summed E-state index contributed by atoms with van der Waals surface area (Å²) in [4.78, 5) is 11.9. The van der Waals surface area contributed by atoms with Gasteiger partial charge in [-0.2, -0.15) is 0 Å². The van der Waals surface area contributed by atoms with Crippen LogP contribution < -0.4 is 10.8 Å². The van der Waals surface area contributed by atoms with E-state index in [0.717, 1.165) is 6.07 Å². The molecule has 2 rings (SSSR count). The molecule has 1 aromatic carbocycles. The van der Waals surface area contributed by atoms with Crippen molar-refractivity contribution in [3.63, 3.8) is 0 Å². The van der Waals surface area contributed by atoms with Crippen molar-refractivity contribution in [3.05, 3.63) is 29.1 Å². The van der Waals surface area contributed by atoms with Crippen molar-refractivity contribution >= 4 is 18.5 Å². The quantitative estimate of drug-likeness (QED) is 0.447. The van der Waals surface area contributed by atoms with Crippen molar-refractivity contribution in [1.29, 1.82) is 0 Å². The van der Waals surface area contributed by atoms with Gasteiger partial charge < -0.3 is 24.6 Å². The Labute approximate surface area is 147 Å². The van der Waals surface area contributed by atoms with Gasteiger partial charge in [-0.05, 0) is 39.8 Å². The van der Waals surface area contributed by atoms with Gasteiger partial charge in [0, 0.05) is 11.0 Å². The van der Waals surface area contributed by atoms with Crippen LogP contribution in [0.4, 0.5) is 13.2 Å². The highest BCUT2D eigenvalue weighted by molar-refractivity contribution is 6.62. The monoisotopic (exact) mass is 377 g/mol. The second-order valence-electron chi connectivity index (χ2n) is 6.95. The fourth-order valence-corrected chi connectivity index (χ4v) is 2.33. The molecular formula is C15H19BF3NO6. The van der Waals surface area contributed by atoms with Crippen LogP contribution in [0.25, 0.3) is 0 Å². The number of carbonyl (C=O) groups excluding carboxylic acids is 1. The molecule has 0 spiro atoms. The van der Waals surface area contributed by atoms with E-state index in [1.807, 2.05) is 0 Å². The van der Waals surface area contributed by atoms with Gasteiger partial charge in [0.2, 0.25) is 0 Å². The summed E-state index contributed by atoms with van der Waals surface area (Å²) in [5, 5.41) is 27.8. The molecule has 0 saturated carbocycles. The van der Waals surface area contributed by atoms with E-state index < -0.39 is 59.2 Å². The molecule has 0 aliphatic carbocycles. The topological polar surface area (TPSA) is 108 Å². The van der Waals surface area contributed by atoms with Crippen LogP contribution in [0.3, 0.4) is 0 Å². The molecule has 7 nitrogen and oxygen atoms in total. The highest BCUT2D eigenvalue weighted by atomic mass is 19.3.